The standard InChI is InChI=1S/C42H29I/c43-36-28-26-35(27-29-36)42-40(33-22-12-4-13-23-33)38(31-18-8-2-9-19-31)37(30-16-6-1-7-17-30)39(32-20-10-3-11-21-32)41(42)34-24-14-5-15-25-34/h1-29H. The monoisotopic (exact) mass is 660 g/mol. The van der Waals surface area contributed by atoms with E-state index in [1.54, 1.807) is 0 Å². The second-order valence-electron chi connectivity index (χ2n) is 10.6. The number of benzene rings is 7. The molecule has 0 fully saturated rings. The Kier molecular flexibility index (Phi) is 7.73. The Morgan fingerprint density at radius 3 is 0.605 bits per heavy atom. The van der Waals surface area contributed by atoms with Crippen molar-refractivity contribution < 1.29 is 0 Å². The van der Waals surface area contributed by atoms with Crippen LogP contribution in [0.3, 0.4) is 0 Å². The molecule has 0 aliphatic rings. The maximum atomic E-state index is 2.40. The second-order valence-corrected chi connectivity index (χ2v) is 11.8. The van der Waals surface area contributed by atoms with Crippen LogP contribution in [0.25, 0.3) is 66.8 Å². The lowest BCUT2D eigenvalue weighted by atomic mass is 9.74. The molecule has 43 heavy (non-hydrogen) atoms. The number of rotatable bonds is 6. The molecule has 7 aromatic carbocycles. The van der Waals surface area contributed by atoms with Gasteiger partial charge in [0, 0.05) is 3.57 Å². The second kappa shape index (κ2) is 12.2. The third-order valence-electron chi connectivity index (χ3n) is 7.95. The minimum Gasteiger partial charge on any atom is -0.0622 e. The maximum Gasteiger partial charge on any atom is 0.0130 e. The highest BCUT2D eigenvalue weighted by molar-refractivity contribution is 14.1. The van der Waals surface area contributed by atoms with Gasteiger partial charge in [-0.05, 0) is 101 Å². The molecule has 7 aromatic rings. The summed E-state index contributed by atoms with van der Waals surface area (Å²) in [6, 6.07) is 63.5. The zero-order chi connectivity index (χ0) is 29.0. The van der Waals surface area contributed by atoms with Gasteiger partial charge in [0.2, 0.25) is 0 Å². The van der Waals surface area contributed by atoms with Gasteiger partial charge in [-0.1, -0.05) is 164 Å². The molecule has 0 bridgehead atoms. The Balaban J connectivity index is 1.81. The van der Waals surface area contributed by atoms with Gasteiger partial charge in [0.25, 0.3) is 0 Å². The minimum atomic E-state index is 1.20. The van der Waals surface area contributed by atoms with Gasteiger partial charge >= 0.3 is 0 Å². The largest absolute Gasteiger partial charge is 0.0622 e. The van der Waals surface area contributed by atoms with Crippen LogP contribution in [0.5, 0.6) is 0 Å². The maximum absolute atomic E-state index is 2.40. The molecular formula is C42H29I. The van der Waals surface area contributed by atoms with Gasteiger partial charge in [0.1, 0.15) is 0 Å². The molecule has 7 rings (SSSR count). The van der Waals surface area contributed by atoms with Crippen LogP contribution in [0.15, 0.2) is 176 Å². The molecule has 204 valence electrons. The average molecular weight is 661 g/mol. The summed E-state index contributed by atoms with van der Waals surface area (Å²) in [6.07, 6.45) is 0. The Morgan fingerprint density at radius 1 is 0.209 bits per heavy atom. The molecule has 0 heterocycles. The summed E-state index contributed by atoms with van der Waals surface area (Å²) in [7, 11) is 0. The fourth-order valence-corrected chi connectivity index (χ4v) is 6.48. The van der Waals surface area contributed by atoms with Crippen molar-refractivity contribution in [3.05, 3.63) is 179 Å². The molecule has 0 aliphatic heterocycles. The number of halogens is 1. The SMILES string of the molecule is Ic1ccc(-c2c(-c3ccccc3)c(-c3ccccc3)c(-c3ccccc3)c(-c3ccccc3)c2-c2ccccc2)cc1. The zero-order valence-electron chi connectivity index (χ0n) is 23.6. The molecule has 0 aromatic heterocycles. The van der Waals surface area contributed by atoms with Crippen LogP contribution in [-0.4, -0.2) is 0 Å². The first-order valence-electron chi connectivity index (χ1n) is 14.6. The fourth-order valence-electron chi connectivity index (χ4n) is 6.12. The molecule has 0 atom stereocenters. The van der Waals surface area contributed by atoms with E-state index in [1.807, 2.05) is 0 Å². The van der Waals surface area contributed by atoms with E-state index in [9.17, 15) is 0 Å². The van der Waals surface area contributed by atoms with Crippen molar-refractivity contribution in [2.75, 3.05) is 0 Å². The summed E-state index contributed by atoms with van der Waals surface area (Å²) < 4.78 is 1.22. The fraction of sp³-hybridized carbons (Fsp3) is 0. The molecule has 0 spiro atoms. The van der Waals surface area contributed by atoms with Crippen LogP contribution in [0.1, 0.15) is 0 Å². The molecule has 0 nitrogen and oxygen atoms in total. The quantitative estimate of drug-likeness (QED) is 0.156. The molecule has 1 heteroatoms. The molecule has 0 N–H and O–H groups in total. The van der Waals surface area contributed by atoms with Crippen LogP contribution in [0.2, 0.25) is 0 Å². The Hall–Kier alpha value is -4.73. The van der Waals surface area contributed by atoms with E-state index in [-0.39, 0.29) is 0 Å². The highest BCUT2D eigenvalue weighted by atomic mass is 127. The van der Waals surface area contributed by atoms with Crippen LogP contribution < -0.4 is 0 Å². The van der Waals surface area contributed by atoms with Gasteiger partial charge < -0.3 is 0 Å². The van der Waals surface area contributed by atoms with E-state index in [1.165, 1.54) is 70.3 Å². The summed E-state index contributed by atoms with van der Waals surface area (Å²) in [4.78, 5) is 0. The van der Waals surface area contributed by atoms with Gasteiger partial charge in [-0.15, -0.1) is 0 Å². The van der Waals surface area contributed by atoms with Gasteiger partial charge in [-0.25, -0.2) is 0 Å². The predicted molar refractivity (Wildman–Crippen MR) is 192 cm³/mol. The minimum absolute atomic E-state index is 1.20. The van der Waals surface area contributed by atoms with Crippen molar-refractivity contribution in [1.29, 1.82) is 0 Å². The third kappa shape index (κ3) is 5.33. The lowest BCUT2D eigenvalue weighted by molar-refractivity contribution is 1.51. The molecule has 0 unspecified atom stereocenters. The van der Waals surface area contributed by atoms with Crippen molar-refractivity contribution in [2.45, 2.75) is 0 Å². The van der Waals surface area contributed by atoms with E-state index in [4.69, 9.17) is 0 Å². The first-order chi connectivity index (χ1) is 21.3. The summed E-state index contributed by atoms with van der Waals surface area (Å²) in [5.41, 5.74) is 14.6. The Morgan fingerprint density at radius 2 is 0.395 bits per heavy atom. The lowest BCUT2D eigenvalue weighted by Crippen LogP contribution is -2.02. The summed E-state index contributed by atoms with van der Waals surface area (Å²) in [6.45, 7) is 0. The highest BCUT2D eigenvalue weighted by Crippen LogP contribution is 2.55. The van der Waals surface area contributed by atoms with E-state index >= 15 is 0 Å². The molecule has 0 aliphatic carbocycles. The smallest absolute Gasteiger partial charge is 0.0130 e. The van der Waals surface area contributed by atoms with Gasteiger partial charge in [-0.3, -0.25) is 0 Å². The summed E-state index contributed by atoms with van der Waals surface area (Å²) in [5, 5.41) is 0. The lowest BCUT2D eigenvalue weighted by Gasteiger charge is -2.28. The van der Waals surface area contributed by atoms with Crippen molar-refractivity contribution in [2.24, 2.45) is 0 Å². The molecule has 0 radical (unpaired) electrons. The van der Waals surface area contributed by atoms with Gasteiger partial charge in [0.15, 0.2) is 0 Å². The molecular weight excluding hydrogens is 631 g/mol. The van der Waals surface area contributed by atoms with Crippen LogP contribution in [0.4, 0.5) is 0 Å². The Labute approximate surface area is 267 Å². The summed E-state index contributed by atoms with van der Waals surface area (Å²) in [5.74, 6) is 0. The van der Waals surface area contributed by atoms with Crippen molar-refractivity contribution >= 4 is 22.6 Å². The van der Waals surface area contributed by atoms with Gasteiger partial charge in [-0.2, -0.15) is 0 Å². The van der Waals surface area contributed by atoms with Crippen LogP contribution >= 0.6 is 22.6 Å². The topological polar surface area (TPSA) is 0 Å². The van der Waals surface area contributed by atoms with E-state index in [0.29, 0.717) is 0 Å². The normalized spacial score (nSPS) is 10.9. The zero-order valence-corrected chi connectivity index (χ0v) is 25.8. The third-order valence-corrected chi connectivity index (χ3v) is 8.66. The molecule has 0 amide bonds. The predicted octanol–water partition coefficient (Wildman–Crippen LogP) is 12.3. The van der Waals surface area contributed by atoms with Crippen LogP contribution in [-0.2, 0) is 0 Å². The summed E-state index contributed by atoms with van der Waals surface area (Å²) >= 11 is 2.40. The average Bonchev–Trinajstić information content (AvgIpc) is 3.09. The van der Waals surface area contributed by atoms with E-state index in [2.05, 4.69) is 199 Å². The van der Waals surface area contributed by atoms with Gasteiger partial charge in [0.05, 0.1) is 0 Å². The molecule has 0 saturated heterocycles. The first kappa shape index (κ1) is 27.1. The van der Waals surface area contributed by atoms with Crippen LogP contribution in [0, 0.1) is 3.57 Å². The van der Waals surface area contributed by atoms with E-state index < -0.39 is 0 Å². The van der Waals surface area contributed by atoms with Crippen molar-refractivity contribution in [3.63, 3.8) is 0 Å². The van der Waals surface area contributed by atoms with E-state index in [0.717, 1.165) is 0 Å². The van der Waals surface area contributed by atoms with Crippen molar-refractivity contribution in [3.8, 4) is 66.8 Å². The van der Waals surface area contributed by atoms with Crippen molar-refractivity contribution in [1.82, 2.24) is 0 Å². The first-order valence-corrected chi connectivity index (χ1v) is 15.6. The number of hydrogen-bond donors (Lipinski definition) is 0. The molecule has 0 saturated carbocycles. The Bertz CT molecular complexity index is 1860. The highest BCUT2D eigenvalue weighted by Gasteiger charge is 2.28. The number of hydrogen-bond acceptors (Lipinski definition) is 0.